The van der Waals surface area contributed by atoms with Crippen LogP contribution in [0, 0.1) is 0 Å². The van der Waals surface area contributed by atoms with Crippen LogP contribution < -0.4 is 15.4 Å². The van der Waals surface area contributed by atoms with Gasteiger partial charge in [-0.05, 0) is 32.0 Å². The number of halogens is 1. The maximum atomic E-state index is 12.9. The number of hydrogen-bond donors (Lipinski definition) is 2. The number of aliphatic imine (C=N–C) groups is 1. The third-order valence-electron chi connectivity index (χ3n) is 6.36. The SMILES string of the molecule is CN1CCNc2ncnc3c2C(C=Nc2ccc(Cl)c(c2)OCC(=O)N2CCC[C@@H]2C1)C(=O)N3. The maximum Gasteiger partial charge on any atom is 0.260 e. The van der Waals surface area contributed by atoms with E-state index >= 15 is 0 Å². The summed E-state index contributed by atoms with van der Waals surface area (Å²) in [4.78, 5) is 42.7. The number of aromatic nitrogens is 2. The van der Waals surface area contributed by atoms with Crippen molar-refractivity contribution in [3.05, 3.63) is 35.1 Å². The highest BCUT2D eigenvalue weighted by atomic mass is 35.5. The van der Waals surface area contributed by atoms with Crippen molar-refractivity contribution in [2.24, 2.45) is 4.99 Å². The zero-order chi connectivity index (χ0) is 23.7. The number of ether oxygens (including phenoxy) is 1. The van der Waals surface area contributed by atoms with E-state index < -0.39 is 5.92 Å². The Morgan fingerprint density at radius 3 is 2.91 bits per heavy atom. The molecule has 2 bridgehead atoms. The molecule has 2 N–H and O–H groups in total. The second-order valence-corrected chi connectivity index (χ2v) is 9.11. The zero-order valence-electron chi connectivity index (χ0n) is 18.8. The van der Waals surface area contributed by atoms with Crippen LogP contribution >= 0.6 is 11.6 Å². The van der Waals surface area contributed by atoms with Gasteiger partial charge in [-0.1, -0.05) is 11.6 Å². The highest BCUT2D eigenvalue weighted by Crippen LogP contribution is 2.35. The normalized spacial score (nSPS) is 23.3. The Morgan fingerprint density at radius 1 is 1.18 bits per heavy atom. The molecule has 1 unspecified atom stereocenters. The Morgan fingerprint density at radius 2 is 2.03 bits per heavy atom. The molecule has 0 spiro atoms. The average molecular weight is 484 g/mol. The van der Waals surface area contributed by atoms with Gasteiger partial charge < -0.3 is 25.2 Å². The van der Waals surface area contributed by atoms with Gasteiger partial charge in [0.05, 0.1) is 16.3 Å². The third kappa shape index (κ3) is 4.55. The predicted octanol–water partition coefficient (Wildman–Crippen LogP) is 2.30. The number of hydrogen-bond acceptors (Lipinski definition) is 8. The lowest BCUT2D eigenvalue weighted by Gasteiger charge is -2.29. The van der Waals surface area contributed by atoms with Crippen LogP contribution in [0.15, 0.2) is 29.5 Å². The van der Waals surface area contributed by atoms with Gasteiger partial charge in [-0.2, -0.15) is 0 Å². The summed E-state index contributed by atoms with van der Waals surface area (Å²) in [6, 6.07) is 5.20. The zero-order valence-corrected chi connectivity index (χ0v) is 19.6. The van der Waals surface area contributed by atoms with E-state index in [0.717, 1.165) is 32.5 Å². The molecule has 10 nitrogen and oxygen atoms in total. The van der Waals surface area contributed by atoms with E-state index in [9.17, 15) is 9.59 Å². The molecular formula is C23H26ClN7O3. The van der Waals surface area contributed by atoms with E-state index in [0.29, 0.717) is 40.2 Å². The van der Waals surface area contributed by atoms with Gasteiger partial charge in [0.1, 0.15) is 29.6 Å². The van der Waals surface area contributed by atoms with Gasteiger partial charge in [0.25, 0.3) is 5.91 Å². The molecule has 11 heteroatoms. The van der Waals surface area contributed by atoms with Gasteiger partial charge in [0, 0.05) is 44.5 Å². The van der Waals surface area contributed by atoms with Crippen LogP contribution in [-0.2, 0) is 9.59 Å². The van der Waals surface area contributed by atoms with Crippen LogP contribution in [0.25, 0.3) is 0 Å². The van der Waals surface area contributed by atoms with Crippen LogP contribution in [0.4, 0.5) is 17.3 Å². The number of nitrogens with one attached hydrogen (secondary N) is 2. The van der Waals surface area contributed by atoms with Crippen molar-refractivity contribution < 1.29 is 14.3 Å². The van der Waals surface area contributed by atoms with Gasteiger partial charge >= 0.3 is 0 Å². The van der Waals surface area contributed by atoms with Crippen molar-refractivity contribution >= 4 is 47.0 Å². The summed E-state index contributed by atoms with van der Waals surface area (Å²) >= 11 is 6.30. The van der Waals surface area contributed by atoms with Crippen LogP contribution in [0.3, 0.4) is 0 Å². The van der Waals surface area contributed by atoms with Crippen LogP contribution in [-0.4, -0.2) is 83.7 Å². The van der Waals surface area contributed by atoms with Gasteiger partial charge in [-0.3, -0.25) is 14.6 Å². The molecule has 178 valence electrons. The molecule has 5 rings (SSSR count). The summed E-state index contributed by atoms with van der Waals surface area (Å²) in [5, 5.41) is 6.54. The van der Waals surface area contributed by atoms with E-state index in [-0.39, 0.29) is 24.5 Å². The highest BCUT2D eigenvalue weighted by Gasteiger charge is 2.34. The van der Waals surface area contributed by atoms with E-state index in [1.54, 1.807) is 24.4 Å². The second-order valence-electron chi connectivity index (χ2n) is 8.71. The fraction of sp³-hybridized carbons (Fsp3) is 0.435. The molecule has 1 fully saturated rings. The number of anilines is 2. The molecule has 0 radical (unpaired) electrons. The van der Waals surface area contributed by atoms with Gasteiger partial charge in [0.15, 0.2) is 6.61 Å². The number of rotatable bonds is 0. The molecule has 3 aliphatic rings. The quantitative estimate of drug-likeness (QED) is 0.591. The summed E-state index contributed by atoms with van der Waals surface area (Å²) in [6.07, 6.45) is 4.94. The fourth-order valence-electron chi connectivity index (χ4n) is 4.63. The molecule has 1 saturated heterocycles. The Hall–Kier alpha value is -3.24. The summed E-state index contributed by atoms with van der Waals surface area (Å²) in [6.45, 7) is 2.78. The number of carbonyl (C=O) groups excluding carboxylic acids is 2. The largest absolute Gasteiger partial charge is 0.482 e. The number of carbonyl (C=O) groups is 2. The molecule has 2 atom stereocenters. The van der Waals surface area contributed by atoms with Gasteiger partial charge in [-0.15, -0.1) is 0 Å². The van der Waals surface area contributed by atoms with E-state index in [1.807, 2.05) is 11.9 Å². The van der Waals surface area contributed by atoms with Crippen molar-refractivity contribution in [1.29, 1.82) is 0 Å². The molecule has 1 aromatic heterocycles. The Kier molecular flexibility index (Phi) is 6.34. The summed E-state index contributed by atoms with van der Waals surface area (Å²) in [5.41, 5.74) is 1.24. The second kappa shape index (κ2) is 9.55. The molecule has 1 aromatic carbocycles. The Labute approximate surface area is 202 Å². The van der Waals surface area contributed by atoms with Gasteiger partial charge in [0.2, 0.25) is 5.91 Å². The lowest BCUT2D eigenvalue weighted by molar-refractivity contribution is -0.134. The predicted molar refractivity (Wildman–Crippen MR) is 129 cm³/mol. The minimum Gasteiger partial charge on any atom is -0.482 e. The number of nitrogens with zero attached hydrogens (tertiary/aromatic N) is 5. The molecule has 0 aliphatic carbocycles. The maximum absolute atomic E-state index is 12.9. The summed E-state index contributed by atoms with van der Waals surface area (Å²) in [7, 11) is 2.04. The first-order chi connectivity index (χ1) is 16.5. The molecule has 2 amide bonds. The van der Waals surface area contributed by atoms with Crippen molar-refractivity contribution in [3.63, 3.8) is 0 Å². The first kappa shape index (κ1) is 22.5. The van der Waals surface area contributed by atoms with E-state index in [2.05, 4.69) is 30.5 Å². The summed E-state index contributed by atoms with van der Waals surface area (Å²) < 4.78 is 5.79. The standard InChI is InChI=1S/C23H26ClN7O3/c1-30-8-6-25-21-20-16(23(33)29-22(20)28-13-27-21)10-26-14-4-5-17(24)18(9-14)34-12-19(32)31-7-2-3-15(31)11-30/h4-5,9-10,13,15-16H,2-3,6-8,11-12H2,1H3,(H2,25,27,28,29,33)/t15-,16?/m1/s1. The van der Waals surface area contributed by atoms with Crippen LogP contribution in [0.2, 0.25) is 5.02 Å². The number of amides is 2. The van der Waals surface area contributed by atoms with Crippen molar-refractivity contribution in [2.45, 2.75) is 24.8 Å². The number of benzene rings is 1. The van der Waals surface area contributed by atoms with Crippen molar-refractivity contribution in [1.82, 2.24) is 19.8 Å². The molecule has 3 aliphatic heterocycles. The van der Waals surface area contributed by atoms with Crippen LogP contribution in [0.5, 0.6) is 5.75 Å². The lowest BCUT2D eigenvalue weighted by atomic mass is 10.0. The fourth-order valence-corrected chi connectivity index (χ4v) is 4.81. The smallest absolute Gasteiger partial charge is 0.260 e. The molecule has 0 saturated carbocycles. The monoisotopic (exact) mass is 483 g/mol. The summed E-state index contributed by atoms with van der Waals surface area (Å²) in [5.74, 6) is 0.561. The van der Waals surface area contributed by atoms with E-state index in [1.165, 1.54) is 6.33 Å². The van der Waals surface area contributed by atoms with Crippen LogP contribution in [0.1, 0.15) is 24.3 Å². The van der Waals surface area contributed by atoms with Gasteiger partial charge in [-0.25, -0.2) is 9.97 Å². The first-order valence-electron chi connectivity index (χ1n) is 11.3. The average Bonchev–Trinajstić information content (AvgIpc) is 3.40. The molecule has 34 heavy (non-hydrogen) atoms. The van der Waals surface area contributed by atoms with Crippen molar-refractivity contribution in [2.75, 3.05) is 50.5 Å². The minimum absolute atomic E-state index is 0.0547. The molecule has 4 heterocycles. The highest BCUT2D eigenvalue weighted by molar-refractivity contribution is 6.32. The van der Waals surface area contributed by atoms with E-state index in [4.69, 9.17) is 16.3 Å². The minimum atomic E-state index is -0.635. The Bertz CT molecular complexity index is 1140. The number of fused-ring (bicyclic) bond motifs is 3. The topological polar surface area (TPSA) is 112 Å². The van der Waals surface area contributed by atoms with Crippen molar-refractivity contribution in [3.8, 4) is 5.75 Å². The Balaban J connectivity index is 1.48. The number of likely N-dealkylation sites (N-methyl/N-ethyl adjacent to an activating group) is 1. The lowest BCUT2D eigenvalue weighted by Crippen LogP contribution is -2.44. The molecule has 2 aromatic rings. The first-order valence-corrected chi connectivity index (χ1v) is 11.7. The molecular weight excluding hydrogens is 458 g/mol. The third-order valence-corrected chi connectivity index (χ3v) is 6.68.